The largest absolute Gasteiger partial charge is 0.508 e. The van der Waals surface area contributed by atoms with Crippen LogP contribution in [-0.4, -0.2) is 17.2 Å². The van der Waals surface area contributed by atoms with Crippen LogP contribution in [0.4, 0.5) is 0 Å². The maximum Gasteiger partial charge on any atom is 0.217 e. The number of pyridine rings is 1. The van der Waals surface area contributed by atoms with E-state index in [2.05, 4.69) is 10.3 Å². The summed E-state index contributed by atoms with van der Waals surface area (Å²) < 4.78 is 5.17. The van der Waals surface area contributed by atoms with E-state index in [0.29, 0.717) is 24.0 Å². The van der Waals surface area contributed by atoms with Gasteiger partial charge in [0, 0.05) is 35.4 Å². The zero-order valence-electron chi connectivity index (χ0n) is 10.6. The Hall–Kier alpha value is -1.78. The Morgan fingerprint density at radius 1 is 1.26 bits per heavy atom. The minimum Gasteiger partial charge on any atom is -0.508 e. The summed E-state index contributed by atoms with van der Waals surface area (Å²) in [5, 5.41) is 13.5. The first-order chi connectivity index (χ1) is 9.20. The van der Waals surface area contributed by atoms with Crippen molar-refractivity contribution in [1.29, 1.82) is 0 Å². The lowest BCUT2D eigenvalue weighted by Crippen LogP contribution is -2.13. The molecule has 0 saturated carbocycles. The molecule has 2 rings (SSSR count). The van der Waals surface area contributed by atoms with E-state index in [9.17, 15) is 5.11 Å². The van der Waals surface area contributed by atoms with Crippen LogP contribution in [0.3, 0.4) is 0 Å². The molecule has 0 aliphatic rings. The number of rotatable bonds is 5. The molecule has 4 nitrogen and oxygen atoms in total. The second-order valence-electron chi connectivity index (χ2n) is 4.05. The van der Waals surface area contributed by atoms with Gasteiger partial charge in [-0.1, -0.05) is 17.7 Å². The SMILES string of the molecule is COc1ncccc1CNCc1cc(Cl)ccc1O. The van der Waals surface area contributed by atoms with Crippen LogP contribution in [0.25, 0.3) is 0 Å². The molecular weight excluding hydrogens is 264 g/mol. The highest BCUT2D eigenvalue weighted by atomic mass is 35.5. The van der Waals surface area contributed by atoms with Crippen molar-refractivity contribution in [3.05, 3.63) is 52.7 Å². The topological polar surface area (TPSA) is 54.4 Å². The van der Waals surface area contributed by atoms with Crippen LogP contribution in [0, 0.1) is 0 Å². The molecule has 2 N–H and O–H groups in total. The number of methoxy groups -OCH3 is 1. The van der Waals surface area contributed by atoms with Crippen LogP contribution in [0.2, 0.25) is 5.02 Å². The summed E-state index contributed by atoms with van der Waals surface area (Å²) in [6.45, 7) is 1.12. The number of nitrogens with one attached hydrogen (secondary N) is 1. The summed E-state index contributed by atoms with van der Waals surface area (Å²) in [6.07, 6.45) is 1.69. The molecule has 100 valence electrons. The van der Waals surface area contributed by atoms with Gasteiger partial charge in [-0.15, -0.1) is 0 Å². The number of aromatic nitrogens is 1. The zero-order valence-corrected chi connectivity index (χ0v) is 11.3. The predicted octanol–water partition coefficient (Wildman–Crippen LogP) is 2.74. The van der Waals surface area contributed by atoms with E-state index in [1.165, 1.54) is 0 Å². The predicted molar refractivity (Wildman–Crippen MR) is 74.4 cm³/mol. The first kappa shape index (κ1) is 13.6. The highest BCUT2D eigenvalue weighted by molar-refractivity contribution is 6.30. The number of hydrogen-bond acceptors (Lipinski definition) is 4. The lowest BCUT2D eigenvalue weighted by molar-refractivity contribution is 0.390. The van der Waals surface area contributed by atoms with Gasteiger partial charge in [0.2, 0.25) is 5.88 Å². The first-order valence-corrected chi connectivity index (χ1v) is 6.24. The third kappa shape index (κ3) is 3.59. The van der Waals surface area contributed by atoms with E-state index in [0.717, 1.165) is 11.1 Å². The van der Waals surface area contributed by atoms with Gasteiger partial charge in [-0.25, -0.2) is 4.98 Å². The van der Waals surface area contributed by atoms with Crippen LogP contribution in [0.15, 0.2) is 36.5 Å². The summed E-state index contributed by atoms with van der Waals surface area (Å²) in [5.74, 6) is 0.834. The highest BCUT2D eigenvalue weighted by Gasteiger charge is 2.05. The summed E-state index contributed by atoms with van der Waals surface area (Å²) in [7, 11) is 1.59. The summed E-state index contributed by atoms with van der Waals surface area (Å²) in [5.41, 5.74) is 1.72. The monoisotopic (exact) mass is 278 g/mol. The van der Waals surface area contributed by atoms with E-state index < -0.39 is 0 Å². The average Bonchev–Trinajstić information content (AvgIpc) is 2.43. The third-order valence-corrected chi connectivity index (χ3v) is 2.95. The summed E-state index contributed by atoms with van der Waals surface area (Å²) in [6, 6.07) is 8.78. The lowest BCUT2D eigenvalue weighted by Gasteiger charge is -2.09. The Bertz CT molecular complexity index is 561. The van der Waals surface area contributed by atoms with Gasteiger partial charge in [0.25, 0.3) is 0 Å². The molecule has 2 aromatic rings. The molecule has 19 heavy (non-hydrogen) atoms. The molecule has 0 spiro atoms. The van der Waals surface area contributed by atoms with Crippen molar-refractivity contribution < 1.29 is 9.84 Å². The molecule has 0 amide bonds. The van der Waals surface area contributed by atoms with Crippen molar-refractivity contribution in [1.82, 2.24) is 10.3 Å². The number of nitrogens with zero attached hydrogens (tertiary/aromatic N) is 1. The Balaban J connectivity index is 1.98. The zero-order chi connectivity index (χ0) is 13.7. The highest BCUT2D eigenvalue weighted by Crippen LogP contribution is 2.21. The van der Waals surface area contributed by atoms with Crippen LogP contribution in [-0.2, 0) is 13.1 Å². The number of ether oxygens (including phenoxy) is 1. The average molecular weight is 279 g/mol. The molecule has 1 aromatic heterocycles. The first-order valence-electron chi connectivity index (χ1n) is 5.86. The molecule has 1 heterocycles. The van der Waals surface area contributed by atoms with Crippen molar-refractivity contribution in [2.75, 3.05) is 7.11 Å². The Kier molecular flexibility index (Phi) is 4.60. The van der Waals surface area contributed by atoms with Crippen LogP contribution >= 0.6 is 11.6 Å². The van der Waals surface area contributed by atoms with E-state index in [1.54, 1.807) is 31.5 Å². The van der Waals surface area contributed by atoms with Crippen LogP contribution in [0.1, 0.15) is 11.1 Å². The number of halogens is 1. The quantitative estimate of drug-likeness (QED) is 0.883. The van der Waals surface area contributed by atoms with Gasteiger partial charge in [-0.05, 0) is 24.3 Å². The van der Waals surface area contributed by atoms with Crippen molar-refractivity contribution in [2.24, 2.45) is 0 Å². The fraction of sp³-hybridized carbons (Fsp3) is 0.214. The normalized spacial score (nSPS) is 10.4. The standard InChI is InChI=1S/C14H15ClN2O2/c1-19-14-10(3-2-6-17-14)8-16-9-11-7-12(15)4-5-13(11)18/h2-7,16,18H,8-9H2,1H3. The smallest absolute Gasteiger partial charge is 0.217 e. The Morgan fingerprint density at radius 3 is 2.84 bits per heavy atom. The molecular formula is C14H15ClN2O2. The van der Waals surface area contributed by atoms with Gasteiger partial charge in [0.15, 0.2) is 0 Å². The fourth-order valence-corrected chi connectivity index (χ4v) is 1.96. The second-order valence-corrected chi connectivity index (χ2v) is 4.48. The van der Waals surface area contributed by atoms with E-state index in [-0.39, 0.29) is 5.75 Å². The molecule has 1 aromatic carbocycles. The molecule has 0 bridgehead atoms. The third-order valence-electron chi connectivity index (χ3n) is 2.72. The molecule has 0 unspecified atom stereocenters. The molecule has 0 atom stereocenters. The molecule has 0 aliphatic carbocycles. The van der Waals surface area contributed by atoms with Crippen molar-refractivity contribution in [3.63, 3.8) is 0 Å². The van der Waals surface area contributed by atoms with Crippen LogP contribution in [0.5, 0.6) is 11.6 Å². The molecule has 5 heteroatoms. The number of phenols is 1. The molecule has 0 saturated heterocycles. The van der Waals surface area contributed by atoms with E-state index >= 15 is 0 Å². The number of phenolic OH excluding ortho intramolecular Hbond substituents is 1. The molecule has 0 fully saturated rings. The van der Waals surface area contributed by atoms with Gasteiger partial charge in [0.05, 0.1) is 7.11 Å². The van der Waals surface area contributed by atoms with Gasteiger partial charge in [-0.2, -0.15) is 0 Å². The second kappa shape index (κ2) is 6.41. The Labute approximate surface area is 117 Å². The minimum atomic E-state index is 0.232. The lowest BCUT2D eigenvalue weighted by atomic mass is 10.2. The van der Waals surface area contributed by atoms with Gasteiger partial charge < -0.3 is 15.2 Å². The number of aromatic hydroxyl groups is 1. The van der Waals surface area contributed by atoms with Crippen molar-refractivity contribution in [2.45, 2.75) is 13.1 Å². The van der Waals surface area contributed by atoms with Gasteiger partial charge in [0.1, 0.15) is 5.75 Å². The molecule has 0 radical (unpaired) electrons. The maximum atomic E-state index is 9.70. The van der Waals surface area contributed by atoms with E-state index in [4.69, 9.17) is 16.3 Å². The maximum absolute atomic E-state index is 9.70. The summed E-state index contributed by atoms with van der Waals surface area (Å²) >= 11 is 5.89. The molecule has 0 aliphatic heterocycles. The number of benzene rings is 1. The summed E-state index contributed by atoms with van der Waals surface area (Å²) in [4.78, 5) is 4.12. The van der Waals surface area contributed by atoms with Gasteiger partial charge >= 0.3 is 0 Å². The Morgan fingerprint density at radius 2 is 2.05 bits per heavy atom. The number of hydrogen-bond donors (Lipinski definition) is 2. The van der Waals surface area contributed by atoms with E-state index in [1.807, 2.05) is 12.1 Å². The van der Waals surface area contributed by atoms with Crippen molar-refractivity contribution >= 4 is 11.6 Å². The van der Waals surface area contributed by atoms with Crippen LogP contribution < -0.4 is 10.1 Å². The van der Waals surface area contributed by atoms with Gasteiger partial charge in [-0.3, -0.25) is 0 Å². The minimum absolute atomic E-state index is 0.232. The fourth-order valence-electron chi connectivity index (χ4n) is 1.77. The van der Waals surface area contributed by atoms with Crippen molar-refractivity contribution in [3.8, 4) is 11.6 Å².